The van der Waals surface area contributed by atoms with Crippen LogP contribution in [0.5, 0.6) is 0 Å². The van der Waals surface area contributed by atoms with Crippen LogP contribution in [0.25, 0.3) is 10.9 Å². The summed E-state index contributed by atoms with van der Waals surface area (Å²) in [5.41, 5.74) is 1.51. The first-order valence-electron chi connectivity index (χ1n) is 5.54. The van der Waals surface area contributed by atoms with Crippen LogP contribution in [-0.4, -0.2) is 24.6 Å². The lowest BCUT2D eigenvalue weighted by atomic mass is 10.2. The van der Waals surface area contributed by atoms with Gasteiger partial charge in [0, 0.05) is 23.2 Å². The molecule has 0 atom stereocenters. The van der Waals surface area contributed by atoms with Gasteiger partial charge >= 0.3 is 0 Å². The van der Waals surface area contributed by atoms with Gasteiger partial charge in [0.15, 0.2) is 0 Å². The number of halogens is 1. The van der Waals surface area contributed by atoms with Gasteiger partial charge in [0.25, 0.3) is 0 Å². The molecule has 0 radical (unpaired) electrons. The average Bonchev–Trinajstić information content (AvgIpc) is 2.36. The van der Waals surface area contributed by atoms with E-state index >= 15 is 0 Å². The number of amides is 1. The molecule has 5 heteroatoms. The van der Waals surface area contributed by atoms with Crippen LogP contribution in [-0.2, 0) is 9.53 Å². The van der Waals surface area contributed by atoms with Crippen LogP contribution in [0, 0.1) is 0 Å². The number of carbonyl (C=O) groups excluding carboxylic acids is 1. The number of methoxy groups -OCH3 is 1. The van der Waals surface area contributed by atoms with Gasteiger partial charge in [0.1, 0.15) is 0 Å². The van der Waals surface area contributed by atoms with Crippen molar-refractivity contribution in [3.63, 3.8) is 0 Å². The number of rotatable bonds is 4. The largest absolute Gasteiger partial charge is 0.384 e. The number of anilines is 1. The predicted molar refractivity (Wildman–Crippen MR) is 74.6 cm³/mol. The van der Waals surface area contributed by atoms with E-state index in [1.807, 2.05) is 24.3 Å². The Balaban J connectivity index is 2.25. The fraction of sp³-hybridized carbons (Fsp3) is 0.231. The molecule has 0 spiro atoms. The summed E-state index contributed by atoms with van der Waals surface area (Å²) >= 11 is 3.38. The van der Waals surface area contributed by atoms with Gasteiger partial charge in [-0.05, 0) is 28.1 Å². The molecule has 0 unspecified atom stereocenters. The van der Waals surface area contributed by atoms with Gasteiger partial charge < -0.3 is 10.1 Å². The zero-order valence-electron chi connectivity index (χ0n) is 9.94. The molecule has 0 bridgehead atoms. The van der Waals surface area contributed by atoms with E-state index in [9.17, 15) is 4.79 Å². The molecule has 18 heavy (non-hydrogen) atoms. The van der Waals surface area contributed by atoms with Crippen LogP contribution >= 0.6 is 15.9 Å². The summed E-state index contributed by atoms with van der Waals surface area (Å²) in [5.74, 6) is -0.0749. The molecule has 0 fully saturated rings. The summed E-state index contributed by atoms with van der Waals surface area (Å²) in [7, 11) is 1.57. The van der Waals surface area contributed by atoms with Gasteiger partial charge in [-0.2, -0.15) is 0 Å². The molecule has 1 aromatic heterocycles. The Labute approximate surface area is 113 Å². The van der Waals surface area contributed by atoms with E-state index in [-0.39, 0.29) is 5.91 Å². The number of aromatic nitrogens is 1. The molecule has 1 amide bonds. The fourth-order valence-electron chi connectivity index (χ4n) is 1.64. The molecule has 1 heterocycles. The lowest BCUT2D eigenvalue weighted by Gasteiger charge is -2.08. The van der Waals surface area contributed by atoms with Crippen molar-refractivity contribution >= 4 is 38.4 Å². The van der Waals surface area contributed by atoms with Crippen LogP contribution in [0.2, 0.25) is 0 Å². The van der Waals surface area contributed by atoms with Crippen molar-refractivity contribution in [2.45, 2.75) is 6.42 Å². The molecular weight excluding hydrogens is 296 g/mol. The predicted octanol–water partition coefficient (Wildman–Crippen LogP) is 2.97. The van der Waals surface area contributed by atoms with E-state index in [1.165, 1.54) is 0 Å². The summed E-state index contributed by atoms with van der Waals surface area (Å²) in [6, 6.07) is 7.65. The minimum atomic E-state index is -0.0749. The standard InChI is InChI=1S/C13H13BrN2O2/c1-18-6-5-12(17)16-11-4-2-3-9-7-10(14)8-15-13(9)11/h2-4,7-8H,5-6H2,1H3,(H,16,17). The molecule has 0 saturated heterocycles. The van der Waals surface area contributed by atoms with Crippen LogP contribution in [0.3, 0.4) is 0 Å². The van der Waals surface area contributed by atoms with Gasteiger partial charge in [-0.1, -0.05) is 12.1 Å². The first-order valence-corrected chi connectivity index (χ1v) is 6.33. The Morgan fingerprint density at radius 2 is 2.33 bits per heavy atom. The number of ether oxygens (including phenoxy) is 1. The fourth-order valence-corrected chi connectivity index (χ4v) is 1.99. The summed E-state index contributed by atoms with van der Waals surface area (Å²) in [6.45, 7) is 0.412. The van der Waals surface area contributed by atoms with E-state index in [0.717, 1.165) is 21.1 Å². The molecule has 1 N–H and O–H groups in total. The van der Waals surface area contributed by atoms with Gasteiger partial charge in [-0.15, -0.1) is 0 Å². The molecule has 0 aliphatic heterocycles. The van der Waals surface area contributed by atoms with Crippen LogP contribution in [0.1, 0.15) is 6.42 Å². The van der Waals surface area contributed by atoms with Crippen molar-refractivity contribution in [2.24, 2.45) is 0 Å². The van der Waals surface area contributed by atoms with Gasteiger partial charge in [-0.3, -0.25) is 9.78 Å². The number of pyridine rings is 1. The molecule has 4 nitrogen and oxygen atoms in total. The lowest BCUT2D eigenvalue weighted by molar-refractivity contribution is -0.117. The third-order valence-electron chi connectivity index (χ3n) is 2.48. The SMILES string of the molecule is COCCC(=O)Nc1cccc2cc(Br)cnc12. The highest BCUT2D eigenvalue weighted by molar-refractivity contribution is 9.10. The Kier molecular flexibility index (Phi) is 4.28. The quantitative estimate of drug-likeness (QED) is 0.944. The second kappa shape index (κ2) is 5.93. The van der Waals surface area contributed by atoms with E-state index in [1.54, 1.807) is 13.3 Å². The molecule has 0 aliphatic carbocycles. The Morgan fingerprint density at radius 1 is 1.50 bits per heavy atom. The van der Waals surface area contributed by atoms with Crippen molar-refractivity contribution in [3.05, 3.63) is 34.9 Å². The highest BCUT2D eigenvalue weighted by Crippen LogP contribution is 2.23. The van der Waals surface area contributed by atoms with E-state index < -0.39 is 0 Å². The number of hydrogen-bond acceptors (Lipinski definition) is 3. The topological polar surface area (TPSA) is 51.2 Å². The summed E-state index contributed by atoms with van der Waals surface area (Å²) in [6.07, 6.45) is 2.05. The van der Waals surface area contributed by atoms with Crippen molar-refractivity contribution in [2.75, 3.05) is 19.0 Å². The average molecular weight is 309 g/mol. The van der Waals surface area contributed by atoms with Gasteiger partial charge in [0.05, 0.1) is 24.2 Å². The Bertz CT molecular complexity index is 572. The first kappa shape index (κ1) is 13.0. The van der Waals surface area contributed by atoms with Crippen molar-refractivity contribution in [3.8, 4) is 0 Å². The molecule has 0 saturated carbocycles. The highest BCUT2D eigenvalue weighted by Gasteiger charge is 2.06. The van der Waals surface area contributed by atoms with Crippen molar-refractivity contribution in [1.82, 2.24) is 4.98 Å². The van der Waals surface area contributed by atoms with Crippen LogP contribution < -0.4 is 5.32 Å². The molecular formula is C13H13BrN2O2. The molecule has 94 valence electrons. The Hall–Kier alpha value is -1.46. The van der Waals surface area contributed by atoms with E-state index in [4.69, 9.17) is 4.74 Å². The number of fused-ring (bicyclic) bond motifs is 1. The molecule has 2 aromatic rings. The van der Waals surface area contributed by atoms with E-state index in [2.05, 4.69) is 26.2 Å². The minimum absolute atomic E-state index is 0.0749. The first-order chi connectivity index (χ1) is 8.70. The molecule has 0 aliphatic rings. The van der Waals surface area contributed by atoms with Crippen molar-refractivity contribution < 1.29 is 9.53 Å². The maximum absolute atomic E-state index is 11.7. The summed E-state index contributed by atoms with van der Waals surface area (Å²) in [4.78, 5) is 16.0. The number of benzene rings is 1. The highest BCUT2D eigenvalue weighted by atomic mass is 79.9. The zero-order chi connectivity index (χ0) is 13.0. The van der Waals surface area contributed by atoms with Crippen molar-refractivity contribution in [1.29, 1.82) is 0 Å². The van der Waals surface area contributed by atoms with Crippen LogP contribution in [0.4, 0.5) is 5.69 Å². The van der Waals surface area contributed by atoms with Gasteiger partial charge in [0.2, 0.25) is 5.91 Å². The molecule has 1 aromatic carbocycles. The summed E-state index contributed by atoms with van der Waals surface area (Å²) < 4.78 is 5.79. The second-order valence-electron chi connectivity index (χ2n) is 3.82. The minimum Gasteiger partial charge on any atom is -0.384 e. The van der Waals surface area contributed by atoms with Crippen LogP contribution in [0.15, 0.2) is 34.9 Å². The number of carbonyl (C=O) groups is 1. The monoisotopic (exact) mass is 308 g/mol. The smallest absolute Gasteiger partial charge is 0.226 e. The zero-order valence-corrected chi connectivity index (χ0v) is 11.5. The number of nitrogens with one attached hydrogen (secondary N) is 1. The maximum atomic E-state index is 11.7. The number of hydrogen-bond donors (Lipinski definition) is 1. The maximum Gasteiger partial charge on any atom is 0.226 e. The lowest BCUT2D eigenvalue weighted by Crippen LogP contribution is -2.14. The third kappa shape index (κ3) is 3.05. The number of para-hydroxylation sites is 1. The third-order valence-corrected chi connectivity index (χ3v) is 2.92. The molecule has 2 rings (SSSR count). The summed E-state index contributed by atoms with van der Waals surface area (Å²) in [5, 5.41) is 3.82. The normalized spacial score (nSPS) is 10.6. The second-order valence-corrected chi connectivity index (χ2v) is 4.74. The van der Waals surface area contributed by atoms with E-state index in [0.29, 0.717) is 13.0 Å². The number of nitrogens with zero attached hydrogens (tertiary/aromatic N) is 1. The van der Waals surface area contributed by atoms with Gasteiger partial charge in [-0.25, -0.2) is 0 Å². The Morgan fingerprint density at radius 3 is 3.11 bits per heavy atom.